The Bertz CT molecular complexity index is 575. The predicted octanol–water partition coefficient (Wildman–Crippen LogP) is 3.71. The molecule has 1 aromatic carbocycles. The van der Waals surface area contributed by atoms with E-state index >= 15 is 0 Å². The summed E-state index contributed by atoms with van der Waals surface area (Å²) in [4.78, 5) is 14.1. The fraction of sp³-hybridized carbons (Fsp3) is 0.562. The molecule has 0 radical (unpaired) electrons. The van der Waals surface area contributed by atoms with Crippen molar-refractivity contribution in [3.05, 3.63) is 34.3 Å². The molecule has 1 saturated heterocycles. The molecule has 0 bridgehead atoms. The van der Waals surface area contributed by atoms with E-state index in [2.05, 4.69) is 0 Å². The normalized spacial score (nSPS) is 24.5. The zero-order valence-corrected chi connectivity index (χ0v) is 13.4. The van der Waals surface area contributed by atoms with Crippen molar-refractivity contribution in [1.29, 1.82) is 0 Å². The zero-order valence-electron chi connectivity index (χ0n) is 12.6. The quantitative estimate of drug-likeness (QED) is 0.686. The maximum atomic E-state index is 12.3. The van der Waals surface area contributed by atoms with Crippen LogP contribution in [0.15, 0.2) is 18.2 Å². The van der Waals surface area contributed by atoms with E-state index < -0.39 is 5.60 Å². The van der Waals surface area contributed by atoms with Gasteiger partial charge in [-0.15, -0.1) is 0 Å². The number of amides is 1. The molecule has 2 aliphatic rings. The number of rotatable bonds is 0. The van der Waals surface area contributed by atoms with E-state index in [0.29, 0.717) is 24.7 Å². The van der Waals surface area contributed by atoms with E-state index in [4.69, 9.17) is 21.1 Å². The van der Waals surface area contributed by atoms with Gasteiger partial charge in [-0.05, 0) is 44.0 Å². The minimum absolute atomic E-state index is 0.253. The molecule has 2 aliphatic heterocycles. The van der Waals surface area contributed by atoms with Gasteiger partial charge in [0.1, 0.15) is 11.2 Å². The molecular weight excluding hydrogens is 290 g/mol. The van der Waals surface area contributed by atoms with Gasteiger partial charge in [0.05, 0.1) is 6.61 Å². The number of fused-ring (bicyclic) bond motifs is 2. The fourth-order valence-electron chi connectivity index (χ4n) is 2.71. The number of carbonyl (C=O) groups is 1. The SMILES string of the molecule is CC(C)(C)OC(=O)N1CCC2(CO2)c2cc(Cl)ccc2C1. The van der Waals surface area contributed by atoms with Crippen LogP contribution in [-0.2, 0) is 21.6 Å². The molecule has 0 aromatic heterocycles. The van der Waals surface area contributed by atoms with Crippen LogP contribution in [0.5, 0.6) is 0 Å². The molecule has 21 heavy (non-hydrogen) atoms. The van der Waals surface area contributed by atoms with Crippen LogP contribution in [0.2, 0.25) is 5.02 Å². The molecule has 1 amide bonds. The lowest BCUT2D eigenvalue weighted by atomic mass is 9.93. The molecule has 1 atom stereocenters. The third-order valence-corrected chi connectivity index (χ3v) is 4.09. The predicted molar refractivity (Wildman–Crippen MR) is 80.3 cm³/mol. The van der Waals surface area contributed by atoms with Gasteiger partial charge in [0.15, 0.2) is 0 Å². The molecule has 4 nitrogen and oxygen atoms in total. The van der Waals surface area contributed by atoms with E-state index in [9.17, 15) is 4.79 Å². The van der Waals surface area contributed by atoms with Gasteiger partial charge in [0.25, 0.3) is 0 Å². The molecule has 1 spiro atoms. The Labute approximate surface area is 130 Å². The van der Waals surface area contributed by atoms with Crippen molar-refractivity contribution in [2.24, 2.45) is 0 Å². The lowest BCUT2D eigenvalue weighted by Crippen LogP contribution is -2.36. The van der Waals surface area contributed by atoms with Crippen molar-refractivity contribution in [2.75, 3.05) is 13.2 Å². The van der Waals surface area contributed by atoms with E-state index in [0.717, 1.165) is 17.5 Å². The highest BCUT2D eigenvalue weighted by molar-refractivity contribution is 6.30. The van der Waals surface area contributed by atoms with Crippen molar-refractivity contribution < 1.29 is 14.3 Å². The van der Waals surface area contributed by atoms with Crippen LogP contribution in [0.1, 0.15) is 38.3 Å². The molecule has 0 aliphatic carbocycles. The number of nitrogens with zero attached hydrogens (tertiary/aromatic N) is 1. The Morgan fingerprint density at radius 1 is 1.43 bits per heavy atom. The summed E-state index contributed by atoms with van der Waals surface area (Å²) in [6, 6.07) is 5.79. The molecule has 3 rings (SSSR count). The van der Waals surface area contributed by atoms with Crippen LogP contribution in [0, 0.1) is 0 Å². The van der Waals surface area contributed by atoms with Crippen LogP contribution >= 0.6 is 11.6 Å². The molecular formula is C16H20ClNO3. The third kappa shape index (κ3) is 3.01. The maximum absolute atomic E-state index is 12.3. The number of hydrogen-bond donors (Lipinski definition) is 0. The van der Waals surface area contributed by atoms with Gasteiger partial charge in [-0.25, -0.2) is 4.79 Å². The van der Waals surface area contributed by atoms with Crippen LogP contribution in [0.3, 0.4) is 0 Å². The number of benzene rings is 1. The van der Waals surface area contributed by atoms with Crippen molar-refractivity contribution >= 4 is 17.7 Å². The molecule has 2 heterocycles. The van der Waals surface area contributed by atoms with Crippen LogP contribution in [0.4, 0.5) is 4.79 Å². The Balaban J connectivity index is 1.86. The lowest BCUT2D eigenvalue weighted by molar-refractivity contribution is 0.0229. The van der Waals surface area contributed by atoms with Gasteiger partial charge >= 0.3 is 6.09 Å². The lowest BCUT2D eigenvalue weighted by Gasteiger charge is -2.26. The highest BCUT2D eigenvalue weighted by atomic mass is 35.5. The number of carbonyl (C=O) groups excluding carboxylic acids is 1. The van der Waals surface area contributed by atoms with Crippen LogP contribution < -0.4 is 0 Å². The highest BCUT2D eigenvalue weighted by Gasteiger charge is 2.49. The average molecular weight is 310 g/mol. The monoisotopic (exact) mass is 309 g/mol. The topological polar surface area (TPSA) is 42.1 Å². The first-order chi connectivity index (χ1) is 9.79. The smallest absolute Gasteiger partial charge is 0.410 e. The van der Waals surface area contributed by atoms with Gasteiger partial charge < -0.3 is 14.4 Å². The largest absolute Gasteiger partial charge is 0.444 e. The first-order valence-electron chi connectivity index (χ1n) is 7.20. The summed E-state index contributed by atoms with van der Waals surface area (Å²) in [6.07, 6.45) is 0.501. The third-order valence-electron chi connectivity index (χ3n) is 3.85. The van der Waals surface area contributed by atoms with Crippen LogP contribution in [-0.4, -0.2) is 29.7 Å². The van der Waals surface area contributed by atoms with Gasteiger partial charge in [-0.2, -0.15) is 0 Å². The molecule has 5 heteroatoms. The Kier molecular flexibility index (Phi) is 3.41. The minimum atomic E-state index is -0.486. The second-order valence-electron chi connectivity index (χ2n) is 6.74. The first kappa shape index (κ1) is 14.7. The first-order valence-corrected chi connectivity index (χ1v) is 7.58. The molecule has 1 fully saturated rings. The van der Waals surface area contributed by atoms with E-state index in [-0.39, 0.29) is 11.7 Å². The zero-order chi connectivity index (χ0) is 15.3. The van der Waals surface area contributed by atoms with E-state index in [1.807, 2.05) is 39.0 Å². The van der Waals surface area contributed by atoms with Crippen molar-refractivity contribution in [3.63, 3.8) is 0 Å². The van der Waals surface area contributed by atoms with Gasteiger partial charge in [0, 0.05) is 24.5 Å². The minimum Gasteiger partial charge on any atom is -0.444 e. The summed E-state index contributed by atoms with van der Waals surface area (Å²) in [7, 11) is 0. The van der Waals surface area contributed by atoms with Crippen LogP contribution in [0.25, 0.3) is 0 Å². The average Bonchev–Trinajstić information content (AvgIpc) is 3.16. The number of ether oxygens (including phenoxy) is 2. The summed E-state index contributed by atoms with van der Waals surface area (Å²) >= 11 is 6.11. The van der Waals surface area contributed by atoms with Gasteiger partial charge in [0.2, 0.25) is 0 Å². The Hall–Kier alpha value is -1.26. The molecule has 0 N–H and O–H groups in total. The van der Waals surface area contributed by atoms with Crippen molar-refractivity contribution in [1.82, 2.24) is 4.90 Å². The molecule has 114 valence electrons. The molecule has 1 unspecified atom stereocenters. The van der Waals surface area contributed by atoms with E-state index in [1.54, 1.807) is 4.90 Å². The fourth-order valence-corrected chi connectivity index (χ4v) is 2.89. The second kappa shape index (κ2) is 4.89. The van der Waals surface area contributed by atoms with E-state index in [1.165, 1.54) is 0 Å². The summed E-state index contributed by atoms with van der Waals surface area (Å²) < 4.78 is 11.2. The Morgan fingerprint density at radius 2 is 2.14 bits per heavy atom. The van der Waals surface area contributed by atoms with Gasteiger partial charge in [-0.1, -0.05) is 17.7 Å². The standard InChI is InChI=1S/C16H20ClNO3/c1-15(2,3)21-14(19)18-7-6-16(10-20-16)13-8-12(17)5-4-11(13)9-18/h4-5,8H,6-7,9-10H2,1-3H3. The van der Waals surface area contributed by atoms with Gasteiger partial charge in [-0.3, -0.25) is 0 Å². The molecule has 0 saturated carbocycles. The van der Waals surface area contributed by atoms with Crippen molar-refractivity contribution in [2.45, 2.75) is 44.9 Å². The Morgan fingerprint density at radius 3 is 2.76 bits per heavy atom. The summed E-state index contributed by atoms with van der Waals surface area (Å²) in [5.74, 6) is 0. The summed E-state index contributed by atoms with van der Waals surface area (Å²) in [5.41, 5.74) is 1.46. The summed E-state index contributed by atoms with van der Waals surface area (Å²) in [6.45, 7) is 7.49. The number of hydrogen-bond acceptors (Lipinski definition) is 3. The highest BCUT2D eigenvalue weighted by Crippen LogP contribution is 2.46. The van der Waals surface area contributed by atoms with Crippen molar-refractivity contribution in [3.8, 4) is 0 Å². The maximum Gasteiger partial charge on any atom is 0.410 e. The molecule has 1 aromatic rings. The number of epoxide rings is 1. The second-order valence-corrected chi connectivity index (χ2v) is 7.17. The summed E-state index contributed by atoms with van der Waals surface area (Å²) in [5, 5.41) is 0.703. The number of halogens is 1.